The quantitative estimate of drug-likeness (QED) is 0.406. The Bertz CT molecular complexity index is 997. The van der Waals surface area contributed by atoms with Crippen LogP contribution in [0.4, 0.5) is 0 Å². The van der Waals surface area contributed by atoms with Gasteiger partial charge in [-0.15, -0.1) is 22.1 Å². The fraction of sp³-hybridized carbons (Fsp3) is 0.0476. The van der Waals surface area contributed by atoms with E-state index in [4.69, 9.17) is 5.11 Å². The molecular weight excluding hydrogens is 380 g/mol. The molecule has 0 saturated carbocycles. The summed E-state index contributed by atoms with van der Waals surface area (Å²) >= 11 is 0. The van der Waals surface area contributed by atoms with Crippen molar-refractivity contribution < 1.29 is 22.2 Å². The summed E-state index contributed by atoms with van der Waals surface area (Å²) in [5.41, 5.74) is 7.15. The summed E-state index contributed by atoms with van der Waals surface area (Å²) in [6.45, 7) is 0. The second-order valence-corrected chi connectivity index (χ2v) is 5.76. The number of aliphatic hydroxyl groups is 1. The first-order chi connectivity index (χ1) is 12.8. The van der Waals surface area contributed by atoms with E-state index in [1.165, 1.54) is 0 Å². The molecule has 5 nitrogen and oxygen atoms in total. The smallest absolute Gasteiger partial charge is 0.658 e. The van der Waals surface area contributed by atoms with Gasteiger partial charge in [0.1, 0.15) is 0 Å². The first-order valence-electron chi connectivity index (χ1n) is 8.19. The molecule has 0 aromatic carbocycles. The molecule has 0 atom stereocenters. The molecule has 6 heteroatoms. The number of hydrogen-bond donors (Lipinski definition) is 1. The molecule has 0 fully saturated rings. The zero-order valence-corrected chi connectivity index (χ0v) is 15.6. The second kappa shape index (κ2) is 8.18. The van der Waals surface area contributed by atoms with E-state index in [9.17, 15) is 0 Å². The van der Waals surface area contributed by atoms with Gasteiger partial charge in [-0.05, 0) is 24.3 Å². The third-order valence-corrected chi connectivity index (χ3v) is 3.92. The maximum absolute atomic E-state index is 7.00. The standard InChI is InChI=1S/C20H12N4.CH4O.Fe/c1-2-14-10-16-5-6-18(23-16)12-20-8-7-19(24-20)11-17-4-3-15(22-17)9-13(1)21-14;1-2;/h1-12H;2H,1H3;/q-2;;+2. The molecule has 5 heterocycles. The van der Waals surface area contributed by atoms with E-state index in [0.717, 1.165) is 52.0 Å². The van der Waals surface area contributed by atoms with Gasteiger partial charge < -0.3 is 15.1 Å². The Kier molecular flexibility index (Phi) is 5.72. The molecule has 2 aliphatic heterocycles. The van der Waals surface area contributed by atoms with Gasteiger partial charge in [0, 0.05) is 7.11 Å². The normalized spacial score (nSPS) is 11.5. The van der Waals surface area contributed by atoms with E-state index in [-0.39, 0.29) is 17.1 Å². The minimum Gasteiger partial charge on any atom is -0.658 e. The number of fused-ring (bicyclic) bond motifs is 8. The predicted molar refractivity (Wildman–Crippen MR) is 105 cm³/mol. The number of aliphatic hydroxyl groups excluding tert-OH is 1. The minimum absolute atomic E-state index is 0. The molecule has 0 saturated heterocycles. The zero-order valence-electron chi connectivity index (χ0n) is 14.5. The first kappa shape index (κ1) is 18.9. The van der Waals surface area contributed by atoms with Crippen molar-refractivity contribution in [1.82, 2.24) is 19.9 Å². The van der Waals surface area contributed by atoms with E-state index in [2.05, 4.69) is 19.9 Å². The van der Waals surface area contributed by atoms with Crippen LogP contribution in [0.15, 0.2) is 48.5 Å². The summed E-state index contributed by atoms with van der Waals surface area (Å²) < 4.78 is 0. The number of aromatic nitrogens is 4. The molecular formula is C21H16FeN4O. The molecule has 3 aromatic rings. The summed E-state index contributed by atoms with van der Waals surface area (Å²) in [5.74, 6) is 0. The molecule has 0 unspecified atom stereocenters. The SMILES string of the molecule is C1=Cc2cc3ccc(cc4nc(cc5ccc(cc1n2)[n-]5)C=C4)[n-]3.CO.[Fe+2]. The maximum atomic E-state index is 7.00. The molecule has 1 N–H and O–H groups in total. The van der Waals surface area contributed by atoms with Crippen LogP contribution in [0.25, 0.3) is 46.4 Å². The van der Waals surface area contributed by atoms with Crippen LogP contribution in [0.2, 0.25) is 0 Å². The van der Waals surface area contributed by atoms with Crippen LogP contribution in [-0.2, 0) is 17.1 Å². The number of rotatable bonds is 0. The van der Waals surface area contributed by atoms with E-state index >= 15 is 0 Å². The summed E-state index contributed by atoms with van der Waals surface area (Å²) in [6, 6.07) is 15.9. The average molecular weight is 396 g/mol. The van der Waals surface area contributed by atoms with Gasteiger partial charge in [0.25, 0.3) is 0 Å². The number of nitrogens with zero attached hydrogens (tertiary/aromatic N) is 4. The topological polar surface area (TPSA) is 74.2 Å². The van der Waals surface area contributed by atoms with Crippen LogP contribution >= 0.6 is 0 Å². The van der Waals surface area contributed by atoms with Gasteiger partial charge >= 0.3 is 17.1 Å². The van der Waals surface area contributed by atoms with Crippen molar-refractivity contribution in [3.05, 3.63) is 71.3 Å². The van der Waals surface area contributed by atoms with Gasteiger partial charge in [-0.1, -0.05) is 48.5 Å². The summed E-state index contributed by atoms with van der Waals surface area (Å²) in [5, 5.41) is 7.00. The van der Waals surface area contributed by atoms with Crippen molar-refractivity contribution in [2.75, 3.05) is 7.11 Å². The Morgan fingerprint density at radius 1 is 0.556 bits per heavy atom. The van der Waals surface area contributed by atoms with Gasteiger partial charge in [-0.25, -0.2) is 9.97 Å². The van der Waals surface area contributed by atoms with Crippen LogP contribution in [0.1, 0.15) is 22.8 Å². The molecule has 134 valence electrons. The fourth-order valence-electron chi connectivity index (χ4n) is 2.83. The van der Waals surface area contributed by atoms with Gasteiger partial charge in [0.15, 0.2) is 0 Å². The van der Waals surface area contributed by atoms with Crippen LogP contribution in [-0.4, -0.2) is 22.2 Å². The molecule has 8 bridgehead atoms. The van der Waals surface area contributed by atoms with E-state index in [1.54, 1.807) is 0 Å². The Labute approximate surface area is 167 Å². The van der Waals surface area contributed by atoms with Crippen molar-refractivity contribution >= 4 is 46.4 Å². The maximum Gasteiger partial charge on any atom is 2.00 e. The molecule has 3 aromatic heterocycles. The third kappa shape index (κ3) is 4.26. The zero-order chi connectivity index (χ0) is 17.9. The van der Waals surface area contributed by atoms with Crippen molar-refractivity contribution in [2.24, 2.45) is 0 Å². The fourth-order valence-corrected chi connectivity index (χ4v) is 2.83. The van der Waals surface area contributed by atoms with Crippen LogP contribution in [0.5, 0.6) is 0 Å². The summed E-state index contributed by atoms with van der Waals surface area (Å²) in [6.07, 6.45) is 7.95. The second-order valence-electron chi connectivity index (χ2n) is 5.76. The molecule has 27 heavy (non-hydrogen) atoms. The molecule has 0 radical (unpaired) electrons. The molecule has 0 aliphatic carbocycles. The van der Waals surface area contributed by atoms with E-state index in [1.807, 2.05) is 72.8 Å². The molecule has 0 amide bonds. The van der Waals surface area contributed by atoms with Gasteiger partial charge in [0.2, 0.25) is 0 Å². The van der Waals surface area contributed by atoms with E-state index in [0.29, 0.717) is 0 Å². The van der Waals surface area contributed by atoms with Crippen molar-refractivity contribution in [1.29, 1.82) is 0 Å². The Morgan fingerprint density at radius 3 is 1.07 bits per heavy atom. The van der Waals surface area contributed by atoms with Crippen molar-refractivity contribution in [2.45, 2.75) is 0 Å². The van der Waals surface area contributed by atoms with Crippen molar-refractivity contribution in [3.63, 3.8) is 0 Å². The van der Waals surface area contributed by atoms with Gasteiger partial charge in [-0.2, -0.15) is 0 Å². The Morgan fingerprint density at radius 2 is 0.815 bits per heavy atom. The molecule has 0 spiro atoms. The Balaban J connectivity index is 0.000000680. The van der Waals surface area contributed by atoms with Crippen molar-refractivity contribution in [3.8, 4) is 0 Å². The Hall–Kier alpha value is -2.92. The van der Waals surface area contributed by atoms with E-state index < -0.39 is 0 Å². The van der Waals surface area contributed by atoms with Gasteiger partial charge in [-0.3, -0.25) is 0 Å². The van der Waals surface area contributed by atoms with Gasteiger partial charge in [0.05, 0.1) is 22.8 Å². The predicted octanol–water partition coefficient (Wildman–Crippen LogP) is 3.52. The molecule has 5 rings (SSSR count). The minimum atomic E-state index is 0. The molecule has 2 aliphatic rings. The van der Waals surface area contributed by atoms with Crippen LogP contribution in [0, 0.1) is 0 Å². The summed E-state index contributed by atoms with van der Waals surface area (Å²) in [7, 11) is 1.00. The largest absolute Gasteiger partial charge is 2.00 e. The third-order valence-electron chi connectivity index (χ3n) is 3.92. The average Bonchev–Trinajstić information content (AvgIpc) is 3.42. The monoisotopic (exact) mass is 396 g/mol. The van der Waals surface area contributed by atoms with Crippen LogP contribution in [0.3, 0.4) is 0 Å². The number of hydrogen-bond acceptors (Lipinski definition) is 3. The first-order valence-corrected chi connectivity index (χ1v) is 8.19. The van der Waals surface area contributed by atoms with Crippen LogP contribution < -0.4 is 9.97 Å². The summed E-state index contributed by atoms with van der Waals surface area (Å²) in [4.78, 5) is 18.4.